The number of benzene rings is 1. The third-order valence-electron chi connectivity index (χ3n) is 3.17. The molecule has 132 valence electrons. The zero-order valence-corrected chi connectivity index (χ0v) is 14.9. The van der Waals surface area contributed by atoms with Crippen molar-refractivity contribution in [1.82, 2.24) is 20.1 Å². The summed E-state index contributed by atoms with van der Waals surface area (Å²) < 4.78 is 25.4. The van der Waals surface area contributed by atoms with E-state index < -0.39 is 21.8 Å². The van der Waals surface area contributed by atoms with E-state index >= 15 is 0 Å². The topological polar surface area (TPSA) is 108 Å². The fraction of sp³-hybridized carbons (Fsp3) is 0.133. The van der Waals surface area contributed by atoms with Gasteiger partial charge in [0.2, 0.25) is 10.0 Å². The summed E-state index contributed by atoms with van der Waals surface area (Å²) in [6, 6.07) is 6.90. The number of pyridine rings is 1. The number of nitrogens with zero attached hydrogens (tertiary/aromatic N) is 2. The van der Waals surface area contributed by atoms with E-state index in [2.05, 4.69) is 15.8 Å². The van der Waals surface area contributed by atoms with Crippen LogP contribution >= 0.6 is 11.6 Å². The smallest absolute Gasteiger partial charge is 0.267 e. The summed E-state index contributed by atoms with van der Waals surface area (Å²) in [6.45, 7) is 0. The molecule has 0 aliphatic rings. The molecular formula is C15H15ClN4O4S. The largest absolute Gasteiger partial charge is 0.271 e. The van der Waals surface area contributed by atoms with Gasteiger partial charge in [0.1, 0.15) is 4.90 Å². The molecule has 0 saturated carbocycles. The predicted molar refractivity (Wildman–Crippen MR) is 91.5 cm³/mol. The minimum atomic E-state index is -3.81. The van der Waals surface area contributed by atoms with Crippen LogP contribution in [0.1, 0.15) is 20.7 Å². The Labute approximate surface area is 149 Å². The maximum atomic E-state index is 12.2. The number of carbonyl (C=O) groups is 2. The lowest BCUT2D eigenvalue weighted by Gasteiger charge is -2.14. The molecule has 0 atom stereocenters. The average molecular weight is 383 g/mol. The number of hydrogen-bond acceptors (Lipinski definition) is 5. The van der Waals surface area contributed by atoms with Gasteiger partial charge in [-0.05, 0) is 30.3 Å². The van der Waals surface area contributed by atoms with E-state index in [1.807, 2.05) is 0 Å². The van der Waals surface area contributed by atoms with Crippen LogP contribution in [0.4, 0.5) is 0 Å². The number of hydrazine groups is 1. The molecule has 0 radical (unpaired) electrons. The number of nitrogens with one attached hydrogen (secondary N) is 2. The Kier molecular flexibility index (Phi) is 5.73. The van der Waals surface area contributed by atoms with Crippen LogP contribution < -0.4 is 10.9 Å². The molecule has 2 N–H and O–H groups in total. The van der Waals surface area contributed by atoms with E-state index in [1.54, 1.807) is 6.07 Å². The average Bonchev–Trinajstić information content (AvgIpc) is 2.60. The Morgan fingerprint density at radius 3 is 2.28 bits per heavy atom. The molecule has 0 aliphatic heterocycles. The second-order valence-corrected chi connectivity index (χ2v) is 7.61. The van der Waals surface area contributed by atoms with Gasteiger partial charge in [0.25, 0.3) is 11.8 Å². The first kappa shape index (κ1) is 18.8. The van der Waals surface area contributed by atoms with Crippen molar-refractivity contribution >= 4 is 33.4 Å². The van der Waals surface area contributed by atoms with Crippen molar-refractivity contribution in [3.8, 4) is 0 Å². The highest BCUT2D eigenvalue weighted by Gasteiger charge is 2.22. The van der Waals surface area contributed by atoms with Crippen LogP contribution in [0.5, 0.6) is 0 Å². The van der Waals surface area contributed by atoms with Crippen molar-refractivity contribution in [2.75, 3.05) is 14.1 Å². The SMILES string of the molecule is CN(C)S(=O)(=O)c1cc(C(=O)NNC(=O)c2cccnc2)ccc1Cl. The number of hydrogen-bond donors (Lipinski definition) is 2. The van der Waals surface area contributed by atoms with E-state index in [0.717, 1.165) is 10.4 Å². The summed E-state index contributed by atoms with van der Waals surface area (Å²) in [6.07, 6.45) is 2.85. The Balaban J connectivity index is 2.16. The number of carbonyl (C=O) groups excluding carboxylic acids is 2. The second-order valence-electron chi connectivity index (χ2n) is 5.08. The van der Waals surface area contributed by atoms with Gasteiger partial charge in [-0.15, -0.1) is 0 Å². The van der Waals surface area contributed by atoms with Crippen LogP contribution in [-0.4, -0.2) is 43.6 Å². The first-order chi connectivity index (χ1) is 11.7. The molecule has 25 heavy (non-hydrogen) atoms. The Bertz CT molecular complexity index is 901. The highest BCUT2D eigenvalue weighted by molar-refractivity contribution is 7.89. The molecule has 0 unspecified atom stereocenters. The van der Waals surface area contributed by atoms with Gasteiger partial charge in [0.05, 0.1) is 10.6 Å². The maximum absolute atomic E-state index is 12.2. The van der Waals surface area contributed by atoms with Gasteiger partial charge in [0, 0.05) is 32.1 Å². The van der Waals surface area contributed by atoms with Crippen molar-refractivity contribution in [2.24, 2.45) is 0 Å². The number of amides is 2. The molecule has 10 heteroatoms. The van der Waals surface area contributed by atoms with Crippen molar-refractivity contribution in [3.63, 3.8) is 0 Å². The monoisotopic (exact) mass is 382 g/mol. The van der Waals surface area contributed by atoms with Crippen molar-refractivity contribution in [3.05, 3.63) is 58.9 Å². The number of aromatic nitrogens is 1. The van der Waals surface area contributed by atoms with Gasteiger partial charge in [-0.25, -0.2) is 12.7 Å². The van der Waals surface area contributed by atoms with Gasteiger partial charge < -0.3 is 0 Å². The first-order valence-corrected chi connectivity index (χ1v) is 8.78. The third kappa shape index (κ3) is 4.32. The van der Waals surface area contributed by atoms with Crippen molar-refractivity contribution in [2.45, 2.75) is 4.90 Å². The third-order valence-corrected chi connectivity index (χ3v) is 5.46. The van der Waals surface area contributed by atoms with Crippen LogP contribution in [0.25, 0.3) is 0 Å². The highest BCUT2D eigenvalue weighted by atomic mass is 35.5. The molecule has 1 aromatic carbocycles. The van der Waals surface area contributed by atoms with Gasteiger partial charge >= 0.3 is 0 Å². The molecule has 0 fully saturated rings. The fourth-order valence-electron chi connectivity index (χ4n) is 1.79. The quantitative estimate of drug-likeness (QED) is 0.768. The van der Waals surface area contributed by atoms with Gasteiger partial charge in [-0.2, -0.15) is 0 Å². The molecule has 2 rings (SSSR count). The van der Waals surface area contributed by atoms with Gasteiger partial charge in [-0.1, -0.05) is 11.6 Å². The fourth-order valence-corrected chi connectivity index (χ4v) is 3.19. The van der Waals surface area contributed by atoms with Crippen LogP contribution in [-0.2, 0) is 10.0 Å². The molecule has 1 aromatic heterocycles. The van der Waals surface area contributed by atoms with Gasteiger partial charge in [0.15, 0.2) is 0 Å². The van der Waals surface area contributed by atoms with E-state index in [1.165, 1.54) is 44.7 Å². The molecule has 0 spiro atoms. The highest BCUT2D eigenvalue weighted by Crippen LogP contribution is 2.24. The van der Waals surface area contributed by atoms with E-state index in [9.17, 15) is 18.0 Å². The lowest BCUT2D eigenvalue weighted by molar-refractivity contribution is 0.0846. The standard InChI is InChI=1S/C15H15ClN4O4S/c1-20(2)25(23,24)13-8-10(5-6-12(13)16)14(21)18-19-15(22)11-4-3-7-17-9-11/h3-9H,1-2H3,(H,18,21)(H,19,22). The summed E-state index contributed by atoms with van der Waals surface area (Å²) in [5, 5.41) is -0.00959. The summed E-state index contributed by atoms with van der Waals surface area (Å²) in [7, 11) is -1.10. The molecule has 8 nitrogen and oxygen atoms in total. The van der Waals surface area contributed by atoms with Crippen molar-refractivity contribution < 1.29 is 18.0 Å². The molecular weight excluding hydrogens is 368 g/mol. The molecule has 2 amide bonds. The van der Waals surface area contributed by atoms with E-state index in [0.29, 0.717) is 0 Å². The van der Waals surface area contributed by atoms with Gasteiger partial charge in [-0.3, -0.25) is 25.4 Å². The summed E-state index contributed by atoms with van der Waals surface area (Å²) in [5.41, 5.74) is 4.71. The minimum Gasteiger partial charge on any atom is -0.267 e. The van der Waals surface area contributed by atoms with Crippen LogP contribution in [0, 0.1) is 0 Å². The Morgan fingerprint density at radius 1 is 1.08 bits per heavy atom. The Morgan fingerprint density at radius 2 is 1.72 bits per heavy atom. The van der Waals surface area contributed by atoms with E-state index in [4.69, 9.17) is 11.6 Å². The minimum absolute atomic E-state index is 0.00959. The first-order valence-electron chi connectivity index (χ1n) is 6.96. The molecule has 0 aliphatic carbocycles. The lowest BCUT2D eigenvalue weighted by atomic mass is 10.2. The summed E-state index contributed by atoms with van der Waals surface area (Å²) >= 11 is 5.92. The molecule has 0 bridgehead atoms. The molecule has 1 heterocycles. The van der Waals surface area contributed by atoms with Crippen LogP contribution in [0.15, 0.2) is 47.6 Å². The zero-order chi connectivity index (χ0) is 18.6. The number of rotatable bonds is 4. The summed E-state index contributed by atoms with van der Waals surface area (Å²) in [5.74, 6) is -1.25. The van der Waals surface area contributed by atoms with Crippen molar-refractivity contribution in [1.29, 1.82) is 0 Å². The van der Waals surface area contributed by atoms with Crippen LogP contribution in [0.3, 0.4) is 0 Å². The molecule has 0 saturated heterocycles. The predicted octanol–water partition coefficient (Wildman–Crippen LogP) is 1.06. The zero-order valence-electron chi connectivity index (χ0n) is 13.4. The number of halogens is 1. The Hall–Kier alpha value is -2.49. The normalized spacial score (nSPS) is 11.2. The molecule has 2 aromatic rings. The number of sulfonamides is 1. The van der Waals surface area contributed by atoms with E-state index in [-0.39, 0.29) is 21.0 Å². The summed E-state index contributed by atoms with van der Waals surface area (Å²) in [4.78, 5) is 27.6. The van der Waals surface area contributed by atoms with Crippen LogP contribution in [0.2, 0.25) is 5.02 Å². The lowest BCUT2D eigenvalue weighted by Crippen LogP contribution is -2.41. The maximum Gasteiger partial charge on any atom is 0.271 e. The second kappa shape index (κ2) is 7.60.